The van der Waals surface area contributed by atoms with Crippen LogP contribution in [0.2, 0.25) is 0 Å². The molecule has 2 heterocycles. The van der Waals surface area contributed by atoms with Gasteiger partial charge in [0.2, 0.25) is 0 Å². The largest absolute Gasteiger partial charge is 0.351 e. The third-order valence-corrected chi connectivity index (χ3v) is 3.74. The highest BCUT2D eigenvalue weighted by atomic mass is 16.2. The van der Waals surface area contributed by atoms with Gasteiger partial charge in [-0.3, -0.25) is 24.5 Å². The predicted molar refractivity (Wildman–Crippen MR) is 108 cm³/mol. The van der Waals surface area contributed by atoms with E-state index in [1.807, 2.05) is 30.3 Å². The fraction of sp³-hybridized carbons (Fsp3) is 0. The molecule has 0 aliphatic rings. The monoisotopic (exact) mass is 370 g/mol. The van der Waals surface area contributed by atoms with Crippen molar-refractivity contribution in [2.75, 3.05) is 0 Å². The molecule has 0 spiro atoms. The van der Waals surface area contributed by atoms with Crippen LogP contribution in [0, 0.1) is 0 Å². The van der Waals surface area contributed by atoms with Gasteiger partial charge >= 0.3 is 6.03 Å². The molecule has 1 amide bonds. The van der Waals surface area contributed by atoms with E-state index in [1.54, 1.807) is 43.1 Å². The lowest BCUT2D eigenvalue weighted by molar-refractivity contribution is 0.250. The summed E-state index contributed by atoms with van der Waals surface area (Å²) in [5, 5.41) is 2.94. The third kappa shape index (κ3) is 4.95. The molecule has 0 saturated carbocycles. The molecule has 7 nitrogen and oxygen atoms in total. The normalized spacial score (nSPS) is 9.71. The smallest absolute Gasteiger partial charge is 0.322 e. The van der Waals surface area contributed by atoms with Crippen molar-refractivity contribution in [1.29, 1.82) is 0 Å². The van der Waals surface area contributed by atoms with E-state index in [0.717, 1.165) is 21.7 Å². The Morgan fingerprint density at radius 3 is 2.25 bits per heavy atom. The summed E-state index contributed by atoms with van der Waals surface area (Å²) in [7, 11) is 0. The zero-order valence-corrected chi connectivity index (χ0v) is 15.0. The average Bonchev–Trinajstić information content (AvgIpc) is 2.71. The fourth-order valence-corrected chi connectivity index (χ4v) is 2.45. The molecule has 3 aromatic rings. The predicted octanol–water partition coefficient (Wildman–Crippen LogP) is 3.67. The van der Waals surface area contributed by atoms with Gasteiger partial charge in [0, 0.05) is 66.5 Å². The van der Waals surface area contributed by atoms with E-state index >= 15 is 0 Å². The lowest BCUT2D eigenvalue weighted by Gasteiger charge is -1.99. The maximum Gasteiger partial charge on any atom is 0.322 e. The number of benzene rings is 1. The highest BCUT2D eigenvalue weighted by Crippen LogP contribution is 2.21. The van der Waals surface area contributed by atoms with Gasteiger partial charge in [0.1, 0.15) is 0 Å². The van der Waals surface area contributed by atoms with Crippen LogP contribution in [0.5, 0.6) is 0 Å². The number of nitrogens with zero attached hydrogens (tertiary/aromatic N) is 5. The van der Waals surface area contributed by atoms with E-state index in [9.17, 15) is 4.79 Å². The number of amides is 1. The summed E-state index contributed by atoms with van der Waals surface area (Å²) in [5.74, 6) is 0. The SMILES string of the molecule is NC(=O)n1ccncccncc2c(cccncc1)ccc1ncccc12. The van der Waals surface area contributed by atoms with Gasteiger partial charge in [-0.25, -0.2) is 4.79 Å². The number of hydrogen-bond donors (Lipinski definition) is 1. The highest BCUT2D eigenvalue weighted by molar-refractivity contribution is 6.05. The van der Waals surface area contributed by atoms with Crippen LogP contribution >= 0.6 is 0 Å². The number of hydrogen-bond acceptors (Lipinski definition) is 5. The molecule has 7 heteroatoms. The molecule has 2 aromatic heterocycles. The maximum atomic E-state index is 11.4. The molecule has 2 N–H and O–H groups in total. The molecule has 0 bridgehead atoms. The molecular weight excluding hydrogens is 352 g/mol. The second-order valence-corrected chi connectivity index (χ2v) is 5.56. The molecule has 0 aliphatic carbocycles. The van der Waals surface area contributed by atoms with Crippen molar-refractivity contribution in [3.63, 3.8) is 0 Å². The molecule has 0 aliphatic heterocycles. The summed E-state index contributed by atoms with van der Waals surface area (Å²) >= 11 is 0. The van der Waals surface area contributed by atoms with Gasteiger partial charge in [-0.1, -0.05) is 18.2 Å². The second-order valence-electron chi connectivity index (χ2n) is 5.56. The number of nitrogens with two attached hydrogens (primary N) is 1. The Morgan fingerprint density at radius 1 is 0.750 bits per heavy atom. The first kappa shape index (κ1) is 18.7. The third-order valence-electron chi connectivity index (χ3n) is 3.74. The minimum Gasteiger partial charge on any atom is -0.351 e. The van der Waals surface area contributed by atoms with Gasteiger partial charge in [-0.05, 0) is 29.7 Å². The minimum absolute atomic E-state index is 0.638. The minimum atomic E-state index is -0.638. The number of aromatic nitrogens is 5. The molecular formula is C21H18N6O. The first-order chi connectivity index (χ1) is 13.8. The molecule has 0 fully saturated rings. The van der Waals surface area contributed by atoms with Crippen molar-refractivity contribution in [1.82, 2.24) is 24.5 Å². The average molecular weight is 370 g/mol. The summed E-state index contributed by atoms with van der Waals surface area (Å²) in [5.41, 5.74) is 6.19. The second kappa shape index (κ2) is 9.54. The van der Waals surface area contributed by atoms with Crippen molar-refractivity contribution < 1.29 is 4.79 Å². The van der Waals surface area contributed by atoms with Gasteiger partial charge in [0.05, 0.1) is 5.52 Å². The topological polar surface area (TPSA) is 99.6 Å². The van der Waals surface area contributed by atoms with Crippen LogP contribution in [0.25, 0.3) is 21.7 Å². The van der Waals surface area contributed by atoms with Crippen LogP contribution in [-0.4, -0.2) is 30.5 Å². The summed E-state index contributed by atoms with van der Waals surface area (Å²) in [6, 6.07) is 12.6. The van der Waals surface area contributed by atoms with Crippen molar-refractivity contribution in [3.05, 3.63) is 98.2 Å². The Balaban J connectivity index is 2.25. The molecule has 3 rings (SSSR count). The molecule has 138 valence electrons. The fourth-order valence-electron chi connectivity index (χ4n) is 2.45. The van der Waals surface area contributed by atoms with Crippen molar-refractivity contribution in [3.8, 4) is 0 Å². The highest BCUT2D eigenvalue weighted by Gasteiger charge is 1.97. The van der Waals surface area contributed by atoms with E-state index in [4.69, 9.17) is 5.73 Å². The van der Waals surface area contributed by atoms with Crippen LogP contribution in [-0.2, 0) is 0 Å². The molecule has 0 saturated heterocycles. The summed E-state index contributed by atoms with van der Waals surface area (Å²) in [4.78, 5) is 28.3. The molecule has 28 heavy (non-hydrogen) atoms. The number of fused-ring (bicyclic) bond motifs is 3. The van der Waals surface area contributed by atoms with Gasteiger partial charge in [-0.2, -0.15) is 0 Å². The zero-order valence-electron chi connectivity index (χ0n) is 15.0. The molecule has 1 aromatic carbocycles. The van der Waals surface area contributed by atoms with Crippen molar-refractivity contribution in [2.45, 2.75) is 0 Å². The molecule has 0 atom stereocenters. The summed E-state index contributed by atoms with van der Waals surface area (Å²) < 4.78 is 1.17. The molecule has 0 radical (unpaired) electrons. The van der Waals surface area contributed by atoms with Crippen LogP contribution in [0.15, 0.2) is 98.2 Å². The van der Waals surface area contributed by atoms with Gasteiger partial charge in [0.25, 0.3) is 0 Å². The quantitative estimate of drug-likeness (QED) is 0.651. The first-order valence-electron chi connectivity index (χ1n) is 8.46. The number of carbonyl (C=O) groups excluding carboxylic acids is 1. The van der Waals surface area contributed by atoms with E-state index < -0.39 is 6.03 Å². The lowest BCUT2D eigenvalue weighted by atomic mass is 10.1. The van der Waals surface area contributed by atoms with Crippen molar-refractivity contribution in [2.24, 2.45) is 5.73 Å². The lowest BCUT2D eigenvalue weighted by Crippen LogP contribution is -2.18. The van der Waals surface area contributed by atoms with Crippen LogP contribution in [0.1, 0.15) is 0 Å². The van der Waals surface area contributed by atoms with Crippen LogP contribution in [0.3, 0.4) is 0 Å². The zero-order chi connectivity index (χ0) is 19.6. The van der Waals surface area contributed by atoms with E-state index in [-0.39, 0.29) is 0 Å². The van der Waals surface area contributed by atoms with E-state index in [2.05, 4.69) is 19.9 Å². The van der Waals surface area contributed by atoms with E-state index in [0.29, 0.717) is 0 Å². The number of carbonyl (C=O) groups is 1. The first-order valence-corrected chi connectivity index (χ1v) is 8.46. The number of pyridine rings is 1. The van der Waals surface area contributed by atoms with Crippen LogP contribution < -0.4 is 5.73 Å². The number of rotatable bonds is 0. The van der Waals surface area contributed by atoms with Gasteiger partial charge < -0.3 is 5.73 Å². The Kier molecular flexibility index (Phi) is 6.35. The number of primary amides is 1. The Hall–Kier alpha value is -4.13. The standard InChI is InChI=1S/C21H18N6O/c22-21(28)27-14-12-23-8-1-4-17-6-7-20-18(5-2-11-26-20)19(17)16-25-10-3-9-24-13-15-27/h1-16H,(H2,22,28). The van der Waals surface area contributed by atoms with Gasteiger partial charge in [0.15, 0.2) is 0 Å². The maximum absolute atomic E-state index is 11.4. The van der Waals surface area contributed by atoms with Crippen molar-refractivity contribution >= 4 is 27.7 Å². The van der Waals surface area contributed by atoms with E-state index in [1.165, 1.54) is 29.4 Å². The summed E-state index contributed by atoms with van der Waals surface area (Å²) in [6.45, 7) is 0. The molecule has 0 unspecified atom stereocenters. The Labute approximate surface area is 161 Å². The Bertz CT molecular complexity index is 1170. The summed E-state index contributed by atoms with van der Waals surface area (Å²) in [6.07, 6.45) is 14.1. The Morgan fingerprint density at radius 2 is 1.46 bits per heavy atom. The van der Waals surface area contributed by atoms with Gasteiger partial charge in [-0.15, -0.1) is 0 Å². The van der Waals surface area contributed by atoms with Crippen LogP contribution in [0.4, 0.5) is 4.79 Å².